The summed E-state index contributed by atoms with van der Waals surface area (Å²) >= 11 is 3.43. The SMILES string of the molecule is CCCCN(C(=O)c1cc(S(=O)(=O)N2CCCC2)ccc1Br)c1ccccc1. The average Bonchev–Trinajstić information content (AvgIpc) is 3.25. The Balaban J connectivity index is 1.97. The fourth-order valence-corrected chi connectivity index (χ4v) is 5.28. The van der Waals surface area contributed by atoms with Crippen molar-refractivity contribution in [2.45, 2.75) is 37.5 Å². The fraction of sp³-hybridized carbons (Fsp3) is 0.381. The topological polar surface area (TPSA) is 57.7 Å². The summed E-state index contributed by atoms with van der Waals surface area (Å²) in [7, 11) is -3.58. The van der Waals surface area contributed by atoms with Crippen molar-refractivity contribution >= 4 is 37.5 Å². The van der Waals surface area contributed by atoms with Crippen LogP contribution in [0.5, 0.6) is 0 Å². The van der Waals surface area contributed by atoms with Crippen molar-refractivity contribution in [3.05, 3.63) is 58.6 Å². The van der Waals surface area contributed by atoms with Crippen LogP contribution in [0.3, 0.4) is 0 Å². The van der Waals surface area contributed by atoms with E-state index in [9.17, 15) is 13.2 Å². The van der Waals surface area contributed by atoms with Crippen LogP contribution in [0.1, 0.15) is 43.0 Å². The van der Waals surface area contributed by atoms with Crippen LogP contribution in [0.25, 0.3) is 0 Å². The number of benzene rings is 2. The lowest BCUT2D eigenvalue weighted by Gasteiger charge is -2.24. The first-order valence-electron chi connectivity index (χ1n) is 9.61. The predicted molar refractivity (Wildman–Crippen MR) is 115 cm³/mol. The Hall–Kier alpha value is -1.70. The molecule has 3 rings (SSSR count). The van der Waals surface area contributed by atoms with E-state index in [1.807, 2.05) is 30.3 Å². The second-order valence-corrected chi connectivity index (χ2v) is 9.69. The van der Waals surface area contributed by atoms with Gasteiger partial charge in [-0.05, 0) is 65.5 Å². The number of sulfonamides is 1. The lowest BCUT2D eigenvalue weighted by molar-refractivity contribution is 0.0985. The number of halogens is 1. The third kappa shape index (κ3) is 4.47. The highest BCUT2D eigenvalue weighted by molar-refractivity contribution is 9.10. The molecule has 0 atom stereocenters. The molecule has 5 nitrogen and oxygen atoms in total. The number of nitrogens with zero attached hydrogens (tertiary/aromatic N) is 2. The second-order valence-electron chi connectivity index (χ2n) is 6.90. The Labute approximate surface area is 175 Å². The second kappa shape index (κ2) is 9.20. The van der Waals surface area contributed by atoms with Crippen molar-refractivity contribution in [1.29, 1.82) is 0 Å². The molecule has 1 fully saturated rings. The number of anilines is 1. The largest absolute Gasteiger partial charge is 0.308 e. The van der Waals surface area contributed by atoms with Gasteiger partial charge in [-0.1, -0.05) is 31.5 Å². The number of unbranched alkanes of at least 4 members (excludes halogenated alkanes) is 1. The molecule has 1 heterocycles. The molecule has 0 unspecified atom stereocenters. The molecule has 0 N–H and O–H groups in total. The molecule has 0 saturated carbocycles. The summed E-state index contributed by atoms with van der Waals surface area (Å²) in [6.45, 7) is 3.73. The highest BCUT2D eigenvalue weighted by atomic mass is 79.9. The summed E-state index contributed by atoms with van der Waals surface area (Å²) in [5.41, 5.74) is 1.17. The van der Waals surface area contributed by atoms with Gasteiger partial charge in [0.1, 0.15) is 0 Å². The van der Waals surface area contributed by atoms with Crippen LogP contribution in [-0.4, -0.2) is 38.3 Å². The molecule has 0 radical (unpaired) electrons. The molecule has 2 aromatic rings. The van der Waals surface area contributed by atoms with Crippen LogP contribution in [0.2, 0.25) is 0 Å². The van der Waals surface area contributed by atoms with Crippen molar-refractivity contribution in [3.8, 4) is 0 Å². The van der Waals surface area contributed by atoms with Gasteiger partial charge in [-0.25, -0.2) is 8.42 Å². The van der Waals surface area contributed by atoms with Crippen molar-refractivity contribution in [1.82, 2.24) is 4.31 Å². The van der Waals surface area contributed by atoms with E-state index in [2.05, 4.69) is 22.9 Å². The van der Waals surface area contributed by atoms with E-state index in [0.717, 1.165) is 31.4 Å². The number of carbonyl (C=O) groups is 1. The first kappa shape index (κ1) is 21.0. The van der Waals surface area contributed by atoms with Gasteiger partial charge in [0.2, 0.25) is 10.0 Å². The highest BCUT2D eigenvalue weighted by Gasteiger charge is 2.29. The first-order chi connectivity index (χ1) is 13.4. The molecule has 0 aliphatic carbocycles. The van der Waals surface area contributed by atoms with Gasteiger partial charge in [0, 0.05) is 29.8 Å². The van der Waals surface area contributed by atoms with Gasteiger partial charge in [0.25, 0.3) is 5.91 Å². The maximum atomic E-state index is 13.4. The number of hydrogen-bond donors (Lipinski definition) is 0. The molecule has 2 aromatic carbocycles. The van der Waals surface area contributed by atoms with Crippen LogP contribution in [0, 0.1) is 0 Å². The summed E-state index contributed by atoms with van der Waals surface area (Å²) in [5, 5.41) is 0. The number of rotatable bonds is 7. The number of para-hydroxylation sites is 1. The van der Waals surface area contributed by atoms with Gasteiger partial charge in [-0.2, -0.15) is 4.31 Å². The van der Waals surface area contributed by atoms with Gasteiger partial charge < -0.3 is 4.90 Å². The van der Waals surface area contributed by atoms with E-state index in [1.165, 1.54) is 10.4 Å². The van der Waals surface area contributed by atoms with Crippen LogP contribution in [0.15, 0.2) is 57.9 Å². The number of carbonyl (C=O) groups excluding carboxylic acids is 1. The van der Waals surface area contributed by atoms with Crippen LogP contribution in [0.4, 0.5) is 5.69 Å². The Bertz CT molecular complexity index is 926. The number of hydrogen-bond acceptors (Lipinski definition) is 3. The van der Waals surface area contributed by atoms with E-state index in [-0.39, 0.29) is 10.8 Å². The number of amides is 1. The molecule has 0 bridgehead atoms. The van der Waals surface area contributed by atoms with E-state index < -0.39 is 10.0 Å². The van der Waals surface area contributed by atoms with Gasteiger partial charge in [-0.3, -0.25) is 4.79 Å². The lowest BCUT2D eigenvalue weighted by atomic mass is 10.1. The maximum Gasteiger partial charge on any atom is 0.259 e. The van der Waals surface area contributed by atoms with E-state index in [1.54, 1.807) is 17.0 Å². The quantitative estimate of drug-likeness (QED) is 0.597. The molecule has 0 aromatic heterocycles. The van der Waals surface area contributed by atoms with Gasteiger partial charge in [-0.15, -0.1) is 0 Å². The van der Waals surface area contributed by atoms with Crippen LogP contribution < -0.4 is 4.90 Å². The molecule has 0 spiro atoms. The average molecular weight is 465 g/mol. The Morgan fingerprint density at radius 1 is 1.11 bits per heavy atom. The summed E-state index contributed by atoms with van der Waals surface area (Å²) < 4.78 is 27.9. The van der Waals surface area contributed by atoms with E-state index in [0.29, 0.717) is 29.7 Å². The van der Waals surface area contributed by atoms with Crippen molar-refractivity contribution in [2.24, 2.45) is 0 Å². The Kier molecular flexibility index (Phi) is 6.91. The Morgan fingerprint density at radius 2 is 1.79 bits per heavy atom. The summed E-state index contributed by atoms with van der Waals surface area (Å²) in [5.74, 6) is -0.204. The van der Waals surface area contributed by atoms with Crippen LogP contribution >= 0.6 is 15.9 Å². The Morgan fingerprint density at radius 3 is 2.43 bits per heavy atom. The van der Waals surface area contributed by atoms with Gasteiger partial charge >= 0.3 is 0 Å². The molecular formula is C21H25BrN2O3S. The van der Waals surface area contributed by atoms with Crippen molar-refractivity contribution < 1.29 is 13.2 Å². The zero-order chi connectivity index (χ0) is 20.1. The third-order valence-corrected chi connectivity index (χ3v) is 7.51. The third-order valence-electron chi connectivity index (χ3n) is 4.92. The monoisotopic (exact) mass is 464 g/mol. The molecule has 1 amide bonds. The van der Waals surface area contributed by atoms with Crippen molar-refractivity contribution in [3.63, 3.8) is 0 Å². The van der Waals surface area contributed by atoms with Crippen molar-refractivity contribution in [2.75, 3.05) is 24.5 Å². The van der Waals surface area contributed by atoms with Gasteiger partial charge in [0.15, 0.2) is 0 Å². The smallest absolute Gasteiger partial charge is 0.259 e. The lowest BCUT2D eigenvalue weighted by Crippen LogP contribution is -2.33. The molecule has 1 aliphatic heterocycles. The fourth-order valence-electron chi connectivity index (χ4n) is 3.32. The normalized spacial score (nSPS) is 14.9. The molecule has 150 valence electrons. The predicted octanol–water partition coefficient (Wildman–Crippen LogP) is 4.68. The first-order valence-corrected chi connectivity index (χ1v) is 11.8. The standard InChI is InChI=1S/C21H25BrN2O3S/c1-2-3-15-24(17-9-5-4-6-10-17)21(25)19-16-18(11-12-20(19)22)28(26,27)23-13-7-8-14-23/h4-6,9-12,16H,2-3,7-8,13-15H2,1H3. The minimum absolute atomic E-state index is 0.171. The minimum Gasteiger partial charge on any atom is -0.308 e. The maximum absolute atomic E-state index is 13.4. The summed E-state index contributed by atoms with van der Waals surface area (Å²) in [6.07, 6.45) is 3.58. The molecule has 28 heavy (non-hydrogen) atoms. The summed E-state index contributed by atoms with van der Waals surface area (Å²) in [6, 6.07) is 14.2. The van der Waals surface area contributed by atoms with Gasteiger partial charge in [0.05, 0.1) is 10.5 Å². The van der Waals surface area contributed by atoms with Crippen LogP contribution in [-0.2, 0) is 10.0 Å². The molecule has 1 saturated heterocycles. The van der Waals surface area contributed by atoms with E-state index in [4.69, 9.17) is 0 Å². The summed E-state index contributed by atoms with van der Waals surface area (Å²) in [4.78, 5) is 15.2. The zero-order valence-corrected chi connectivity index (χ0v) is 18.4. The zero-order valence-electron chi connectivity index (χ0n) is 16.0. The minimum atomic E-state index is -3.58. The van der Waals surface area contributed by atoms with E-state index >= 15 is 0 Å². The molecular weight excluding hydrogens is 440 g/mol. The molecule has 1 aliphatic rings. The highest BCUT2D eigenvalue weighted by Crippen LogP contribution is 2.28. The molecule has 7 heteroatoms.